The van der Waals surface area contributed by atoms with E-state index in [-0.39, 0.29) is 16.5 Å². The highest BCUT2D eigenvalue weighted by Gasteiger charge is 2.55. The van der Waals surface area contributed by atoms with E-state index in [4.69, 9.17) is 10.5 Å². The second-order valence-electron chi connectivity index (χ2n) is 9.76. The summed E-state index contributed by atoms with van der Waals surface area (Å²) in [6.07, 6.45) is 2.74. The molecular weight excluding hydrogens is 702 g/mol. The van der Waals surface area contributed by atoms with Crippen LogP contribution in [0.5, 0.6) is 0 Å². The fourth-order valence-electron chi connectivity index (χ4n) is 4.84. The van der Waals surface area contributed by atoms with Crippen molar-refractivity contribution in [3.63, 3.8) is 0 Å². The summed E-state index contributed by atoms with van der Waals surface area (Å²) >= 11 is 7.15. The number of oxime groups is 1. The summed E-state index contributed by atoms with van der Waals surface area (Å²) in [6.45, 7) is 0. The number of amides is 2. The van der Waals surface area contributed by atoms with Crippen molar-refractivity contribution < 1.29 is 24.3 Å². The third-order valence-electron chi connectivity index (χ3n) is 6.95. The number of anilines is 1. The average molecular weight is 727 g/mol. The molecule has 0 saturated carbocycles. The topological polar surface area (TPSA) is 176 Å². The number of β-lactam (4-membered cyclic amide) rings is 1. The van der Waals surface area contributed by atoms with Gasteiger partial charge < -0.3 is 21.0 Å². The molecule has 1 fully saturated rings. The maximum atomic E-state index is 14.1. The summed E-state index contributed by atoms with van der Waals surface area (Å²) < 4.78 is 6.58. The van der Waals surface area contributed by atoms with Crippen molar-refractivity contribution in [2.45, 2.75) is 23.3 Å². The van der Waals surface area contributed by atoms with Gasteiger partial charge in [-0.2, -0.15) is 5.10 Å². The molecule has 5 N–H and O–H groups in total. The zero-order valence-electron chi connectivity index (χ0n) is 23.1. The molecule has 16 heteroatoms. The van der Waals surface area contributed by atoms with E-state index in [0.29, 0.717) is 20.2 Å². The SMILES string of the molecule is Nc1nc(/C(=N/O)C(=O)N[C@@H]2C(=O)N3C(C(=O)OC(c4ccccc4)c4ccccc4)=C(SCc4cn[nH]c4)CS[C@H]23)c(Br)s1. The number of carbonyl (C=O) groups excluding carboxylic acids is 3. The van der Waals surface area contributed by atoms with Crippen LogP contribution in [-0.4, -0.2) is 66.0 Å². The molecule has 0 radical (unpaired) electrons. The molecule has 0 aliphatic carbocycles. The third-order valence-corrected chi connectivity index (χ3v) is 11.1. The summed E-state index contributed by atoms with van der Waals surface area (Å²) in [5.74, 6) is -1.07. The van der Waals surface area contributed by atoms with Gasteiger partial charge in [0.05, 0.1) is 6.20 Å². The maximum Gasteiger partial charge on any atom is 0.356 e. The van der Waals surface area contributed by atoms with Gasteiger partial charge in [0.15, 0.2) is 16.9 Å². The van der Waals surface area contributed by atoms with Crippen LogP contribution >= 0.6 is 50.8 Å². The van der Waals surface area contributed by atoms with Crippen molar-refractivity contribution in [2.24, 2.45) is 5.16 Å². The molecule has 2 aliphatic rings. The first-order valence-electron chi connectivity index (χ1n) is 13.4. The highest BCUT2D eigenvalue weighted by atomic mass is 79.9. The number of thioether (sulfide) groups is 2. The second kappa shape index (κ2) is 13.5. The van der Waals surface area contributed by atoms with Gasteiger partial charge >= 0.3 is 5.97 Å². The molecule has 6 rings (SSSR count). The largest absolute Gasteiger partial charge is 0.448 e. The Morgan fingerprint density at radius 2 is 1.89 bits per heavy atom. The number of fused-ring (bicyclic) bond motifs is 1. The third kappa shape index (κ3) is 6.36. The zero-order valence-corrected chi connectivity index (χ0v) is 27.2. The van der Waals surface area contributed by atoms with Gasteiger partial charge in [-0.25, -0.2) is 9.78 Å². The number of hydrogen-bond acceptors (Lipinski definition) is 12. The number of aromatic amines is 1. The van der Waals surface area contributed by atoms with Gasteiger partial charge in [-0.05, 0) is 27.1 Å². The normalized spacial score (nSPS) is 18.0. The van der Waals surface area contributed by atoms with Crippen LogP contribution in [0, 0.1) is 0 Å². The van der Waals surface area contributed by atoms with Crippen LogP contribution in [0.25, 0.3) is 0 Å². The van der Waals surface area contributed by atoms with Crippen molar-refractivity contribution in [1.82, 2.24) is 25.4 Å². The van der Waals surface area contributed by atoms with Gasteiger partial charge in [0.2, 0.25) is 0 Å². The number of aromatic nitrogens is 3. The van der Waals surface area contributed by atoms with E-state index in [0.717, 1.165) is 28.0 Å². The Morgan fingerprint density at radius 1 is 1.20 bits per heavy atom. The monoisotopic (exact) mass is 725 g/mol. The second-order valence-corrected chi connectivity index (χ2v) is 14.3. The van der Waals surface area contributed by atoms with Gasteiger partial charge in [-0.15, -0.1) is 23.5 Å². The van der Waals surface area contributed by atoms with Crippen LogP contribution in [0.1, 0.15) is 28.5 Å². The van der Waals surface area contributed by atoms with E-state index in [2.05, 4.69) is 41.6 Å². The van der Waals surface area contributed by atoms with E-state index < -0.39 is 41.0 Å². The minimum absolute atomic E-state index is 0.0485. The molecule has 2 aromatic carbocycles. The van der Waals surface area contributed by atoms with Crippen LogP contribution in [0.4, 0.5) is 5.13 Å². The van der Waals surface area contributed by atoms with E-state index in [1.54, 1.807) is 12.4 Å². The van der Waals surface area contributed by atoms with Crippen LogP contribution in [0.2, 0.25) is 0 Å². The Labute approximate surface area is 277 Å². The van der Waals surface area contributed by atoms with E-state index in [9.17, 15) is 19.6 Å². The molecule has 2 atom stereocenters. The molecule has 45 heavy (non-hydrogen) atoms. The fourth-order valence-corrected chi connectivity index (χ4v) is 8.72. The average Bonchev–Trinajstić information content (AvgIpc) is 3.70. The highest BCUT2D eigenvalue weighted by Crippen LogP contribution is 2.45. The number of nitrogens with zero attached hydrogens (tertiary/aromatic N) is 4. The molecule has 0 unspecified atom stereocenters. The zero-order chi connectivity index (χ0) is 31.5. The Balaban J connectivity index is 1.28. The number of hydrogen-bond donors (Lipinski definition) is 4. The lowest BCUT2D eigenvalue weighted by Gasteiger charge is -2.49. The highest BCUT2D eigenvalue weighted by molar-refractivity contribution is 9.11. The first kappa shape index (κ1) is 30.9. The first-order valence-corrected chi connectivity index (χ1v) is 17.0. The summed E-state index contributed by atoms with van der Waals surface area (Å²) in [7, 11) is 0. The molecule has 12 nitrogen and oxygen atoms in total. The van der Waals surface area contributed by atoms with Gasteiger partial charge in [0.25, 0.3) is 11.8 Å². The van der Waals surface area contributed by atoms with Crippen molar-refractivity contribution in [2.75, 3.05) is 11.5 Å². The van der Waals surface area contributed by atoms with Crippen molar-refractivity contribution >= 4 is 79.4 Å². The smallest absolute Gasteiger partial charge is 0.356 e. The summed E-state index contributed by atoms with van der Waals surface area (Å²) in [4.78, 5) is 47.0. The Kier molecular flexibility index (Phi) is 9.25. The number of carbonyl (C=O) groups is 3. The Morgan fingerprint density at radius 3 is 2.47 bits per heavy atom. The van der Waals surface area contributed by atoms with Gasteiger partial charge in [-0.3, -0.25) is 19.6 Å². The lowest BCUT2D eigenvalue weighted by molar-refractivity contribution is -0.154. The lowest BCUT2D eigenvalue weighted by atomic mass is 10.0. The number of thiazole rings is 1. The number of rotatable bonds is 10. The van der Waals surface area contributed by atoms with E-state index in [1.165, 1.54) is 28.4 Å². The van der Waals surface area contributed by atoms with Gasteiger partial charge in [0.1, 0.15) is 26.6 Å². The van der Waals surface area contributed by atoms with E-state index >= 15 is 0 Å². The minimum atomic E-state index is -0.990. The van der Waals surface area contributed by atoms with Gasteiger partial charge in [-0.1, -0.05) is 77.2 Å². The van der Waals surface area contributed by atoms with Crippen LogP contribution < -0.4 is 11.1 Å². The molecular formula is C29H24BrN7O5S3. The molecule has 2 aromatic heterocycles. The molecule has 0 spiro atoms. The van der Waals surface area contributed by atoms with Crippen LogP contribution in [0.15, 0.2) is 92.6 Å². The number of nitrogens with one attached hydrogen (secondary N) is 2. The number of benzene rings is 2. The number of nitrogens with two attached hydrogens (primary N) is 1. The maximum absolute atomic E-state index is 14.1. The number of esters is 1. The molecule has 2 amide bonds. The fraction of sp³-hybridized carbons (Fsp3) is 0.172. The Bertz CT molecular complexity index is 1740. The van der Waals surface area contributed by atoms with Crippen molar-refractivity contribution in [3.05, 3.63) is 110 Å². The molecule has 1 saturated heterocycles. The number of ether oxygens (including phenoxy) is 1. The minimum Gasteiger partial charge on any atom is -0.448 e. The van der Waals surface area contributed by atoms with Crippen LogP contribution in [0.3, 0.4) is 0 Å². The predicted molar refractivity (Wildman–Crippen MR) is 175 cm³/mol. The van der Waals surface area contributed by atoms with Gasteiger partial charge in [0, 0.05) is 28.2 Å². The quantitative estimate of drug-likeness (QED) is 0.0608. The summed E-state index contributed by atoms with van der Waals surface area (Å²) in [5, 5.41) is 21.7. The molecule has 4 heterocycles. The summed E-state index contributed by atoms with van der Waals surface area (Å²) in [5.41, 5.74) is 7.98. The molecule has 230 valence electrons. The first-order chi connectivity index (χ1) is 21.9. The van der Waals surface area contributed by atoms with Crippen molar-refractivity contribution in [3.8, 4) is 0 Å². The van der Waals surface area contributed by atoms with Crippen molar-refractivity contribution in [1.29, 1.82) is 0 Å². The Hall–Kier alpha value is -4.12. The summed E-state index contributed by atoms with van der Waals surface area (Å²) in [6, 6.07) is 17.8. The lowest BCUT2D eigenvalue weighted by Crippen LogP contribution is -2.71. The predicted octanol–water partition coefficient (Wildman–Crippen LogP) is 4.27. The van der Waals surface area contributed by atoms with Crippen LogP contribution in [-0.2, 0) is 24.9 Å². The standard InChI is InChI=1S/C29H24BrN7O5S3/c30-24-19(35-29(31)45-24)20(36-41)25(38)34-21-26(39)37-22(18(14-44-27(21)37)43-13-15-11-32-33-12-15)28(40)42-23(16-7-3-1-4-8-16)17-9-5-2-6-10-17/h1-12,21,23,27,41H,13-14H2,(H2,31,35)(H,32,33)(H,34,38)/b36-20-/t21-,27-/m1/s1. The van der Waals surface area contributed by atoms with E-state index in [1.807, 2.05) is 60.7 Å². The molecule has 4 aromatic rings. The molecule has 0 bridgehead atoms. The molecule has 2 aliphatic heterocycles. The number of H-pyrrole nitrogens is 1. The number of nitrogen functional groups attached to an aromatic ring is 1. The number of halogens is 1.